The fourth-order valence-electron chi connectivity index (χ4n) is 2.77. The van der Waals surface area contributed by atoms with Gasteiger partial charge in [0, 0.05) is 32.4 Å². The van der Waals surface area contributed by atoms with Crippen molar-refractivity contribution >= 4 is 12.0 Å². The van der Waals surface area contributed by atoms with Gasteiger partial charge in [-0.25, -0.2) is 0 Å². The Balaban J connectivity index is 1.49. The Morgan fingerprint density at radius 3 is 2.52 bits per heavy atom. The van der Waals surface area contributed by atoms with Crippen LogP contribution in [0.1, 0.15) is 11.3 Å². The van der Waals surface area contributed by atoms with E-state index < -0.39 is 0 Å². The molecular weight excluding hydrogens is 340 g/mol. The molecule has 2 aromatic rings. The average molecular weight is 362 g/mol. The first-order valence-corrected chi connectivity index (χ1v) is 8.88. The molecule has 0 radical (unpaired) electrons. The Labute approximate surface area is 159 Å². The number of amides is 1. The Hall–Kier alpha value is -3.46. The van der Waals surface area contributed by atoms with Crippen molar-refractivity contribution in [1.29, 1.82) is 5.26 Å². The standard InChI is InChI=1S/C21H22N4O2/c22-15-19(21(26)23-16-20-7-4-14-27-20)17-25-12-10-24(11-13-25)9-8-18-5-2-1-3-6-18/h1-9,14,17H,10-13,16H2,(H,23,26). The van der Waals surface area contributed by atoms with Crippen molar-refractivity contribution in [2.75, 3.05) is 26.2 Å². The quantitative estimate of drug-likeness (QED) is 0.632. The lowest BCUT2D eigenvalue weighted by Crippen LogP contribution is -2.41. The van der Waals surface area contributed by atoms with Crippen LogP contribution in [-0.4, -0.2) is 41.9 Å². The molecule has 0 spiro atoms. The molecule has 2 heterocycles. The van der Waals surface area contributed by atoms with Crippen LogP contribution in [0.4, 0.5) is 0 Å². The van der Waals surface area contributed by atoms with Gasteiger partial charge in [0.1, 0.15) is 17.4 Å². The van der Waals surface area contributed by atoms with E-state index in [1.807, 2.05) is 29.2 Å². The van der Waals surface area contributed by atoms with E-state index in [4.69, 9.17) is 4.42 Å². The van der Waals surface area contributed by atoms with Gasteiger partial charge < -0.3 is 19.5 Å². The summed E-state index contributed by atoms with van der Waals surface area (Å²) < 4.78 is 5.17. The fraction of sp³-hybridized carbons (Fsp3) is 0.238. The minimum atomic E-state index is -0.389. The third-order valence-corrected chi connectivity index (χ3v) is 4.31. The van der Waals surface area contributed by atoms with Crippen molar-refractivity contribution in [3.05, 3.63) is 78.0 Å². The van der Waals surface area contributed by atoms with E-state index >= 15 is 0 Å². The van der Waals surface area contributed by atoms with Crippen LogP contribution in [0.2, 0.25) is 0 Å². The zero-order valence-corrected chi connectivity index (χ0v) is 15.0. The molecule has 0 unspecified atom stereocenters. The number of benzene rings is 1. The molecule has 1 aromatic heterocycles. The van der Waals surface area contributed by atoms with E-state index in [2.05, 4.69) is 34.6 Å². The second-order valence-electron chi connectivity index (χ2n) is 6.21. The van der Waals surface area contributed by atoms with Crippen LogP contribution in [0.15, 0.2) is 71.1 Å². The first-order valence-electron chi connectivity index (χ1n) is 8.88. The van der Waals surface area contributed by atoms with Gasteiger partial charge in [0.15, 0.2) is 0 Å². The molecule has 1 aliphatic rings. The summed E-state index contributed by atoms with van der Waals surface area (Å²) in [5.74, 6) is 0.264. The van der Waals surface area contributed by atoms with Crippen LogP contribution in [0, 0.1) is 11.3 Å². The monoisotopic (exact) mass is 362 g/mol. The van der Waals surface area contributed by atoms with Crippen LogP contribution in [0.25, 0.3) is 6.08 Å². The maximum Gasteiger partial charge on any atom is 0.263 e. The highest BCUT2D eigenvalue weighted by atomic mass is 16.3. The summed E-state index contributed by atoms with van der Waals surface area (Å²) in [4.78, 5) is 16.4. The summed E-state index contributed by atoms with van der Waals surface area (Å²) >= 11 is 0. The minimum absolute atomic E-state index is 0.106. The molecule has 27 heavy (non-hydrogen) atoms. The molecule has 0 aliphatic carbocycles. The maximum absolute atomic E-state index is 12.2. The van der Waals surface area contributed by atoms with Crippen LogP contribution in [0.3, 0.4) is 0 Å². The van der Waals surface area contributed by atoms with Crippen LogP contribution < -0.4 is 5.32 Å². The van der Waals surface area contributed by atoms with E-state index in [9.17, 15) is 10.1 Å². The van der Waals surface area contributed by atoms with E-state index in [0.717, 1.165) is 26.2 Å². The second-order valence-corrected chi connectivity index (χ2v) is 6.21. The molecule has 3 rings (SSSR count). The Morgan fingerprint density at radius 2 is 1.85 bits per heavy atom. The van der Waals surface area contributed by atoms with Gasteiger partial charge in [0.2, 0.25) is 0 Å². The molecule has 1 N–H and O–H groups in total. The molecule has 1 aliphatic heterocycles. The largest absolute Gasteiger partial charge is 0.467 e. The molecule has 0 saturated carbocycles. The van der Waals surface area contributed by atoms with E-state index in [1.165, 1.54) is 5.56 Å². The van der Waals surface area contributed by atoms with Crippen molar-refractivity contribution in [3.8, 4) is 6.07 Å². The number of hydrogen-bond acceptors (Lipinski definition) is 5. The number of piperazine rings is 1. The highest BCUT2D eigenvalue weighted by molar-refractivity contribution is 5.97. The number of nitriles is 1. The first kappa shape index (κ1) is 18.3. The zero-order chi connectivity index (χ0) is 18.9. The summed E-state index contributed by atoms with van der Waals surface area (Å²) in [7, 11) is 0. The normalized spacial score (nSPS) is 15.0. The molecule has 1 aromatic carbocycles. The lowest BCUT2D eigenvalue weighted by molar-refractivity contribution is -0.117. The lowest BCUT2D eigenvalue weighted by Gasteiger charge is -2.33. The summed E-state index contributed by atoms with van der Waals surface area (Å²) in [5, 5.41) is 12.0. The second kappa shape index (κ2) is 9.30. The summed E-state index contributed by atoms with van der Waals surface area (Å²) in [6, 6.07) is 15.7. The smallest absolute Gasteiger partial charge is 0.263 e. The maximum atomic E-state index is 12.2. The number of nitrogens with one attached hydrogen (secondary N) is 1. The SMILES string of the molecule is N#CC(=CN1CCN(C=Cc2ccccc2)CC1)C(=O)NCc1ccco1. The summed E-state index contributed by atoms with van der Waals surface area (Å²) in [6.45, 7) is 3.47. The Morgan fingerprint density at radius 1 is 1.11 bits per heavy atom. The van der Waals surface area contributed by atoms with Crippen molar-refractivity contribution in [3.63, 3.8) is 0 Å². The van der Waals surface area contributed by atoms with Gasteiger partial charge in [-0.2, -0.15) is 5.26 Å². The number of furan rings is 1. The molecule has 0 atom stereocenters. The third kappa shape index (κ3) is 5.51. The number of rotatable bonds is 6. The lowest BCUT2D eigenvalue weighted by atomic mass is 10.2. The number of hydrogen-bond donors (Lipinski definition) is 1. The Bertz CT molecular complexity index is 827. The molecule has 1 saturated heterocycles. The van der Waals surface area contributed by atoms with Gasteiger partial charge in [-0.15, -0.1) is 0 Å². The van der Waals surface area contributed by atoms with Gasteiger partial charge in [-0.3, -0.25) is 4.79 Å². The van der Waals surface area contributed by atoms with Gasteiger partial charge in [-0.1, -0.05) is 30.3 Å². The van der Waals surface area contributed by atoms with Gasteiger partial charge >= 0.3 is 0 Å². The zero-order valence-electron chi connectivity index (χ0n) is 15.0. The van der Waals surface area contributed by atoms with E-state index in [-0.39, 0.29) is 18.0 Å². The molecular formula is C21H22N4O2. The van der Waals surface area contributed by atoms with Crippen molar-refractivity contribution in [1.82, 2.24) is 15.1 Å². The predicted octanol–water partition coefficient (Wildman–Crippen LogP) is 2.59. The highest BCUT2D eigenvalue weighted by Gasteiger charge is 2.15. The summed E-state index contributed by atoms with van der Waals surface area (Å²) in [6.07, 6.45) is 7.38. The topological polar surface area (TPSA) is 72.5 Å². The Kier molecular flexibility index (Phi) is 6.31. The number of nitrogens with zero attached hydrogens (tertiary/aromatic N) is 3. The fourth-order valence-corrected chi connectivity index (χ4v) is 2.77. The molecule has 138 valence electrons. The minimum Gasteiger partial charge on any atom is -0.467 e. The van der Waals surface area contributed by atoms with Gasteiger partial charge in [0.05, 0.1) is 12.8 Å². The average Bonchev–Trinajstić information content (AvgIpc) is 3.24. The van der Waals surface area contributed by atoms with Crippen LogP contribution >= 0.6 is 0 Å². The third-order valence-electron chi connectivity index (χ3n) is 4.31. The molecule has 0 bridgehead atoms. The molecule has 6 heteroatoms. The molecule has 6 nitrogen and oxygen atoms in total. The summed E-state index contributed by atoms with van der Waals surface area (Å²) in [5.41, 5.74) is 1.27. The number of carbonyl (C=O) groups excluding carboxylic acids is 1. The van der Waals surface area contributed by atoms with Crippen LogP contribution in [-0.2, 0) is 11.3 Å². The van der Waals surface area contributed by atoms with E-state index in [0.29, 0.717) is 5.76 Å². The molecule has 1 amide bonds. The predicted molar refractivity (Wildman–Crippen MR) is 103 cm³/mol. The van der Waals surface area contributed by atoms with Crippen molar-refractivity contribution in [2.24, 2.45) is 0 Å². The van der Waals surface area contributed by atoms with Gasteiger partial charge in [-0.05, 0) is 30.0 Å². The molecule has 1 fully saturated rings. The van der Waals surface area contributed by atoms with E-state index in [1.54, 1.807) is 24.6 Å². The van der Waals surface area contributed by atoms with Crippen molar-refractivity contribution < 1.29 is 9.21 Å². The van der Waals surface area contributed by atoms with Crippen LogP contribution in [0.5, 0.6) is 0 Å². The first-order chi connectivity index (χ1) is 13.2. The highest BCUT2D eigenvalue weighted by Crippen LogP contribution is 2.08. The van der Waals surface area contributed by atoms with Gasteiger partial charge in [0.25, 0.3) is 5.91 Å². The van der Waals surface area contributed by atoms with Crippen molar-refractivity contribution in [2.45, 2.75) is 6.54 Å². The number of carbonyl (C=O) groups is 1.